The molecule has 0 spiro atoms. The second kappa shape index (κ2) is 3.35. The van der Waals surface area contributed by atoms with Crippen molar-refractivity contribution < 1.29 is 4.39 Å². The van der Waals surface area contributed by atoms with E-state index in [1.807, 2.05) is 0 Å². The zero-order chi connectivity index (χ0) is 9.26. The molecule has 6 heteroatoms. The molecule has 0 aliphatic heterocycles. The Labute approximate surface area is 82.4 Å². The van der Waals surface area contributed by atoms with Crippen LogP contribution in [0.5, 0.6) is 0 Å². The fraction of sp³-hybridized carbons (Fsp3) is 0. The SMILES string of the molecule is Fc1ccc(-c2nsc(Cl)n2)nc1. The third-order valence-electron chi connectivity index (χ3n) is 1.36. The lowest BCUT2D eigenvalue weighted by molar-refractivity contribution is 0.621. The summed E-state index contributed by atoms with van der Waals surface area (Å²) in [6, 6.07) is 2.81. The van der Waals surface area contributed by atoms with Crippen molar-refractivity contribution in [3.63, 3.8) is 0 Å². The van der Waals surface area contributed by atoms with Gasteiger partial charge in [0.25, 0.3) is 0 Å². The van der Waals surface area contributed by atoms with Crippen LogP contribution in [0.3, 0.4) is 0 Å². The predicted molar refractivity (Wildman–Crippen MR) is 48.1 cm³/mol. The first-order valence-electron chi connectivity index (χ1n) is 3.37. The Morgan fingerprint density at radius 3 is 2.77 bits per heavy atom. The maximum absolute atomic E-state index is 12.5. The third-order valence-corrected chi connectivity index (χ3v) is 2.16. The van der Waals surface area contributed by atoms with Gasteiger partial charge in [-0.2, -0.15) is 4.37 Å². The fourth-order valence-corrected chi connectivity index (χ4v) is 1.42. The van der Waals surface area contributed by atoms with Crippen LogP contribution < -0.4 is 0 Å². The molecule has 0 aromatic carbocycles. The van der Waals surface area contributed by atoms with Crippen LogP contribution >= 0.6 is 23.1 Å². The summed E-state index contributed by atoms with van der Waals surface area (Å²) in [7, 11) is 0. The highest BCUT2D eigenvalue weighted by Gasteiger charge is 2.05. The van der Waals surface area contributed by atoms with Crippen LogP contribution in [-0.2, 0) is 0 Å². The summed E-state index contributed by atoms with van der Waals surface area (Å²) in [6.45, 7) is 0. The summed E-state index contributed by atoms with van der Waals surface area (Å²) in [5.41, 5.74) is 0.518. The molecule has 66 valence electrons. The number of hydrogen-bond acceptors (Lipinski definition) is 4. The summed E-state index contributed by atoms with van der Waals surface area (Å²) < 4.78 is 16.8. The number of rotatable bonds is 1. The molecule has 2 aromatic heterocycles. The van der Waals surface area contributed by atoms with E-state index >= 15 is 0 Å². The maximum atomic E-state index is 12.5. The Kier molecular flexibility index (Phi) is 2.20. The number of pyridine rings is 1. The zero-order valence-corrected chi connectivity index (χ0v) is 7.81. The molecule has 0 amide bonds. The Bertz CT molecular complexity index is 414. The number of nitrogens with zero attached hydrogens (tertiary/aromatic N) is 3. The lowest BCUT2D eigenvalue weighted by atomic mass is 10.3. The van der Waals surface area contributed by atoms with Crippen molar-refractivity contribution in [3.8, 4) is 11.5 Å². The summed E-state index contributed by atoms with van der Waals surface area (Å²) >= 11 is 6.66. The van der Waals surface area contributed by atoms with E-state index in [0.29, 0.717) is 16.0 Å². The first kappa shape index (κ1) is 8.52. The van der Waals surface area contributed by atoms with Crippen molar-refractivity contribution in [2.45, 2.75) is 0 Å². The van der Waals surface area contributed by atoms with E-state index in [2.05, 4.69) is 14.3 Å². The average molecular weight is 216 g/mol. The van der Waals surface area contributed by atoms with Gasteiger partial charge < -0.3 is 0 Å². The fourth-order valence-electron chi connectivity index (χ4n) is 0.817. The minimum absolute atomic E-state index is 0.348. The molecule has 2 aromatic rings. The van der Waals surface area contributed by atoms with Crippen LogP contribution in [0.15, 0.2) is 18.3 Å². The van der Waals surface area contributed by atoms with Gasteiger partial charge in [0, 0.05) is 0 Å². The first-order valence-corrected chi connectivity index (χ1v) is 4.52. The predicted octanol–water partition coefficient (Wildman–Crippen LogP) is 2.39. The highest BCUT2D eigenvalue weighted by Crippen LogP contribution is 2.18. The molecule has 2 rings (SSSR count). The average Bonchev–Trinajstić information content (AvgIpc) is 2.53. The molecule has 0 bridgehead atoms. The molecule has 0 aliphatic rings. The van der Waals surface area contributed by atoms with E-state index in [1.54, 1.807) is 0 Å². The summed E-state index contributed by atoms with van der Waals surface area (Å²) in [5, 5.41) is 0. The van der Waals surface area contributed by atoms with Gasteiger partial charge in [0.1, 0.15) is 11.5 Å². The van der Waals surface area contributed by atoms with Gasteiger partial charge in [-0.15, -0.1) is 0 Å². The Balaban J connectivity index is 2.41. The largest absolute Gasteiger partial charge is 0.250 e. The van der Waals surface area contributed by atoms with E-state index in [-0.39, 0.29) is 5.82 Å². The van der Waals surface area contributed by atoms with Crippen molar-refractivity contribution >= 4 is 23.1 Å². The molecule has 0 unspecified atom stereocenters. The number of halogens is 2. The molecule has 13 heavy (non-hydrogen) atoms. The van der Waals surface area contributed by atoms with Gasteiger partial charge in [0.2, 0.25) is 4.47 Å². The quantitative estimate of drug-likeness (QED) is 0.733. The second-order valence-electron chi connectivity index (χ2n) is 2.23. The summed E-state index contributed by atoms with van der Waals surface area (Å²) in [6.07, 6.45) is 1.12. The maximum Gasteiger partial charge on any atom is 0.203 e. The topological polar surface area (TPSA) is 38.7 Å². The second-order valence-corrected chi connectivity index (χ2v) is 3.57. The molecule has 0 aliphatic carbocycles. The van der Waals surface area contributed by atoms with Gasteiger partial charge in [-0.1, -0.05) is 0 Å². The molecule has 0 atom stereocenters. The van der Waals surface area contributed by atoms with Crippen LogP contribution in [0.1, 0.15) is 0 Å². The lowest BCUT2D eigenvalue weighted by Crippen LogP contribution is -1.85. The van der Waals surface area contributed by atoms with Crippen molar-refractivity contribution in [2.24, 2.45) is 0 Å². The standard InChI is InChI=1S/C7H3ClFN3S/c8-7-11-6(12-13-7)5-2-1-4(9)3-10-5/h1-3H. The summed E-state index contributed by atoms with van der Waals surface area (Å²) in [5.74, 6) is 0.0417. The van der Waals surface area contributed by atoms with E-state index in [1.165, 1.54) is 12.1 Å². The molecule has 0 fully saturated rings. The molecular weight excluding hydrogens is 213 g/mol. The van der Waals surface area contributed by atoms with Gasteiger partial charge in [-0.05, 0) is 35.3 Å². The van der Waals surface area contributed by atoms with E-state index < -0.39 is 0 Å². The van der Waals surface area contributed by atoms with Gasteiger partial charge in [0.15, 0.2) is 5.82 Å². The van der Waals surface area contributed by atoms with E-state index in [4.69, 9.17) is 11.6 Å². The van der Waals surface area contributed by atoms with Crippen molar-refractivity contribution in [2.75, 3.05) is 0 Å². The minimum atomic E-state index is -0.384. The Morgan fingerprint density at radius 2 is 2.23 bits per heavy atom. The van der Waals surface area contributed by atoms with Crippen LogP contribution in [0, 0.1) is 5.82 Å². The molecule has 0 saturated heterocycles. The van der Waals surface area contributed by atoms with Crippen LogP contribution in [0.4, 0.5) is 4.39 Å². The van der Waals surface area contributed by atoms with Gasteiger partial charge in [-0.25, -0.2) is 14.4 Å². The molecule has 2 heterocycles. The smallest absolute Gasteiger partial charge is 0.203 e. The van der Waals surface area contributed by atoms with E-state index in [9.17, 15) is 4.39 Å². The monoisotopic (exact) mass is 215 g/mol. The van der Waals surface area contributed by atoms with Gasteiger partial charge >= 0.3 is 0 Å². The highest BCUT2D eigenvalue weighted by atomic mass is 35.5. The first-order chi connectivity index (χ1) is 6.25. The zero-order valence-electron chi connectivity index (χ0n) is 6.24. The Morgan fingerprint density at radius 1 is 1.38 bits per heavy atom. The summed E-state index contributed by atoms with van der Waals surface area (Å²) in [4.78, 5) is 7.71. The Hall–Kier alpha value is -1.07. The lowest BCUT2D eigenvalue weighted by Gasteiger charge is -1.91. The highest BCUT2D eigenvalue weighted by molar-refractivity contribution is 7.10. The molecular formula is C7H3ClFN3S. The minimum Gasteiger partial charge on any atom is -0.250 e. The van der Waals surface area contributed by atoms with E-state index in [0.717, 1.165) is 17.7 Å². The van der Waals surface area contributed by atoms with Crippen molar-refractivity contribution in [1.29, 1.82) is 0 Å². The van der Waals surface area contributed by atoms with Crippen LogP contribution in [0.2, 0.25) is 4.47 Å². The third kappa shape index (κ3) is 1.81. The van der Waals surface area contributed by atoms with Gasteiger partial charge in [0.05, 0.1) is 6.20 Å². The van der Waals surface area contributed by atoms with Crippen LogP contribution in [0.25, 0.3) is 11.5 Å². The number of hydrogen-bond donors (Lipinski definition) is 0. The van der Waals surface area contributed by atoms with Gasteiger partial charge in [-0.3, -0.25) is 0 Å². The molecule has 0 N–H and O–H groups in total. The van der Waals surface area contributed by atoms with Crippen molar-refractivity contribution in [1.82, 2.24) is 14.3 Å². The number of aromatic nitrogens is 3. The van der Waals surface area contributed by atoms with Crippen LogP contribution in [-0.4, -0.2) is 14.3 Å². The molecule has 0 saturated carbocycles. The van der Waals surface area contributed by atoms with Crippen molar-refractivity contribution in [3.05, 3.63) is 28.6 Å². The normalized spacial score (nSPS) is 10.3. The molecule has 0 radical (unpaired) electrons. The molecule has 3 nitrogen and oxygen atoms in total.